The quantitative estimate of drug-likeness (QED) is 0.224. The summed E-state index contributed by atoms with van der Waals surface area (Å²) < 4.78 is 57.6. The number of hydrogen-bond donors (Lipinski definition) is 1. The average Bonchev–Trinajstić information content (AvgIpc) is 3.51. The van der Waals surface area contributed by atoms with Crippen LogP contribution < -0.4 is 4.72 Å². The average molecular weight is 609 g/mol. The molecule has 3 aromatic carbocycles. The van der Waals surface area contributed by atoms with E-state index in [0.29, 0.717) is 21.1 Å². The number of nitrogens with zero attached hydrogens (tertiary/aromatic N) is 3. The normalized spacial score (nSPS) is 13.6. The molecule has 14 heteroatoms. The summed E-state index contributed by atoms with van der Waals surface area (Å²) in [6.07, 6.45) is 0. The van der Waals surface area contributed by atoms with Gasteiger partial charge in [-0.3, -0.25) is 4.21 Å². The molecule has 0 fully saturated rings. The van der Waals surface area contributed by atoms with E-state index in [4.69, 9.17) is 27.6 Å². The lowest BCUT2D eigenvalue weighted by Crippen LogP contribution is -2.17. The highest BCUT2D eigenvalue weighted by Gasteiger charge is 2.37. The first-order chi connectivity index (χ1) is 18.2. The molecule has 0 saturated carbocycles. The van der Waals surface area contributed by atoms with Gasteiger partial charge in [0.1, 0.15) is 5.01 Å². The van der Waals surface area contributed by atoms with Gasteiger partial charge in [0, 0.05) is 11.3 Å². The number of hydrogen-bond acceptors (Lipinski definition) is 9. The molecule has 0 aliphatic heterocycles. The summed E-state index contributed by atoms with van der Waals surface area (Å²) in [7, 11) is -3.94. The molecule has 2 unspecified atom stereocenters. The number of nitrogens with one attached hydrogen (secondary N) is 1. The van der Waals surface area contributed by atoms with Crippen LogP contribution in [0.25, 0.3) is 21.3 Å². The molecular weight excluding hydrogens is 591 g/mol. The molecular formula is C24H17Cl2N4O5S3-. The number of benzene rings is 3. The summed E-state index contributed by atoms with van der Waals surface area (Å²) >= 11 is 10.9. The van der Waals surface area contributed by atoms with Crippen LogP contribution in [0, 0.1) is 0 Å². The van der Waals surface area contributed by atoms with E-state index in [-0.39, 0.29) is 29.1 Å². The summed E-state index contributed by atoms with van der Waals surface area (Å²) in [5.74, 6) is -0.561. The van der Waals surface area contributed by atoms with Crippen molar-refractivity contribution < 1.29 is 21.6 Å². The van der Waals surface area contributed by atoms with Crippen LogP contribution in [-0.2, 0) is 33.4 Å². The van der Waals surface area contributed by atoms with Crippen LogP contribution in [0.4, 0.5) is 0 Å². The minimum absolute atomic E-state index is 0.0767. The number of rotatable bonds is 9. The Morgan fingerprint density at radius 3 is 2.47 bits per heavy atom. The van der Waals surface area contributed by atoms with Crippen molar-refractivity contribution in [3.8, 4) is 11.1 Å². The van der Waals surface area contributed by atoms with Crippen molar-refractivity contribution in [2.24, 2.45) is 0 Å². The van der Waals surface area contributed by atoms with Crippen molar-refractivity contribution in [1.82, 2.24) is 19.9 Å². The van der Waals surface area contributed by atoms with Crippen LogP contribution in [0.5, 0.6) is 0 Å². The maximum atomic E-state index is 13.7. The molecule has 0 amide bonds. The first-order valence-electron chi connectivity index (χ1n) is 11.0. The molecule has 0 radical (unpaired) electrons. The van der Waals surface area contributed by atoms with Gasteiger partial charge in [-0.1, -0.05) is 65.7 Å². The highest BCUT2D eigenvalue weighted by atomic mass is 35.5. The number of aromatic nitrogens is 3. The van der Waals surface area contributed by atoms with E-state index in [1.54, 1.807) is 48.5 Å². The molecule has 2 atom stereocenters. The van der Waals surface area contributed by atoms with Gasteiger partial charge in [0.15, 0.2) is 15.1 Å². The second kappa shape index (κ2) is 11.2. The van der Waals surface area contributed by atoms with Gasteiger partial charge >= 0.3 is 0 Å². The zero-order valence-electron chi connectivity index (χ0n) is 19.2. The monoisotopic (exact) mass is 607 g/mol. The molecule has 0 aliphatic carbocycles. The molecule has 1 N–H and O–H groups in total. The SMILES string of the molecule is O=S([O-])NCc1nnc(C(c2nc3ccc(-c4ccc(Cl)c(Cl)c4)cc3s2)S(=O)(=O)Cc2ccccc2)o1. The van der Waals surface area contributed by atoms with Crippen LogP contribution in [0.15, 0.2) is 71.1 Å². The first-order valence-corrected chi connectivity index (χ1v) is 15.3. The summed E-state index contributed by atoms with van der Waals surface area (Å²) in [5, 5.41) is 7.51. The number of fused-ring (bicyclic) bond motifs is 1. The van der Waals surface area contributed by atoms with E-state index in [2.05, 4.69) is 19.9 Å². The van der Waals surface area contributed by atoms with Gasteiger partial charge < -0.3 is 8.97 Å². The minimum atomic E-state index is -3.94. The largest absolute Gasteiger partial charge is 0.760 e. The van der Waals surface area contributed by atoms with Crippen molar-refractivity contribution in [2.75, 3.05) is 0 Å². The van der Waals surface area contributed by atoms with Crippen molar-refractivity contribution >= 4 is 65.9 Å². The van der Waals surface area contributed by atoms with Crippen molar-refractivity contribution in [3.63, 3.8) is 0 Å². The number of thiazole rings is 1. The molecule has 9 nitrogen and oxygen atoms in total. The summed E-state index contributed by atoms with van der Waals surface area (Å²) in [6, 6.07) is 19.6. The predicted octanol–water partition coefficient (Wildman–Crippen LogP) is 5.24. The van der Waals surface area contributed by atoms with Crippen LogP contribution in [0.1, 0.15) is 27.6 Å². The van der Waals surface area contributed by atoms with E-state index in [0.717, 1.165) is 15.8 Å². The Kier molecular flexibility index (Phi) is 7.91. The van der Waals surface area contributed by atoms with Gasteiger partial charge in [-0.2, -0.15) is 0 Å². The van der Waals surface area contributed by atoms with Gasteiger partial charge in [-0.15, -0.1) is 21.5 Å². The molecule has 5 rings (SSSR count). The number of sulfone groups is 1. The third-order valence-electron chi connectivity index (χ3n) is 5.50. The molecule has 2 aromatic heterocycles. The smallest absolute Gasteiger partial charge is 0.241 e. The maximum absolute atomic E-state index is 13.7. The second-order valence-electron chi connectivity index (χ2n) is 8.13. The number of halogens is 2. The fourth-order valence-electron chi connectivity index (χ4n) is 3.78. The fraction of sp³-hybridized carbons (Fsp3) is 0.125. The Balaban J connectivity index is 1.56. The van der Waals surface area contributed by atoms with E-state index in [9.17, 15) is 17.2 Å². The Hall–Kier alpha value is -2.71. The molecule has 38 heavy (non-hydrogen) atoms. The van der Waals surface area contributed by atoms with Gasteiger partial charge in [0.25, 0.3) is 0 Å². The van der Waals surface area contributed by atoms with Gasteiger partial charge in [-0.25, -0.2) is 18.1 Å². The fourth-order valence-corrected chi connectivity index (χ4v) is 7.47. The molecule has 0 spiro atoms. The van der Waals surface area contributed by atoms with Crippen LogP contribution in [-0.4, -0.2) is 32.4 Å². The molecule has 0 saturated heterocycles. The molecule has 196 valence electrons. The maximum Gasteiger partial charge on any atom is 0.241 e. The molecule has 0 bridgehead atoms. The topological polar surface area (TPSA) is 138 Å². The summed E-state index contributed by atoms with van der Waals surface area (Å²) in [4.78, 5) is 4.60. The van der Waals surface area contributed by atoms with Crippen LogP contribution in [0.2, 0.25) is 10.0 Å². The summed E-state index contributed by atoms with van der Waals surface area (Å²) in [6.45, 7) is -0.276. The standard InChI is InChI=1S/C24H18Cl2N4O5S3/c25-17-8-6-15(10-18(17)26)16-7-9-19-20(11-16)36-24(28-19)22(23-30-29-21(35-23)12-27-37(31)32)38(33,34)13-14-4-2-1-3-5-14/h1-11,22,27H,12-13H2,(H,31,32)/p-1. The summed E-state index contributed by atoms with van der Waals surface area (Å²) in [5.41, 5.74) is 2.88. The van der Waals surface area contributed by atoms with Gasteiger partial charge in [-0.05, 0) is 41.0 Å². The second-order valence-corrected chi connectivity index (χ2v) is 12.8. The highest BCUT2D eigenvalue weighted by molar-refractivity contribution is 7.91. The van der Waals surface area contributed by atoms with Crippen LogP contribution in [0.3, 0.4) is 0 Å². The van der Waals surface area contributed by atoms with Crippen molar-refractivity contribution in [1.29, 1.82) is 0 Å². The zero-order chi connectivity index (χ0) is 26.9. The lowest BCUT2D eigenvalue weighted by molar-refractivity contribution is 0.440. The minimum Gasteiger partial charge on any atom is -0.760 e. The Morgan fingerprint density at radius 1 is 1.00 bits per heavy atom. The Bertz CT molecular complexity index is 1740. The van der Waals surface area contributed by atoms with E-state index >= 15 is 0 Å². The zero-order valence-corrected chi connectivity index (χ0v) is 23.2. The van der Waals surface area contributed by atoms with Crippen molar-refractivity contribution in [2.45, 2.75) is 17.5 Å². The van der Waals surface area contributed by atoms with Crippen molar-refractivity contribution in [3.05, 3.63) is 99.1 Å². The van der Waals surface area contributed by atoms with Gasteiger partial charge in [0.05, 0.1) is 32.6 Å². The Morgan fingerprint density at radius 2 is 1.74 bits per heavy atom. The Labute approximate surface area is 234 Å². The first kappa shape index (κ1) is 26.9. The lowest BCUT2D eigenvalue weighted by atomic mass is 10.1. The lowest BCUT2D eigenvalue weighted by Gasteiger charge is -2.12. The highest BCUT2D eigenvalue weighted by Crippen LogP contribution is 2.38. The third kappa shape index (κ3) is 5.96. The van der Waals surface area contributed by atoms with E-state index < -0.39 is 26.4 Å². The molecule has 5 aromatic rings. The van der Waals surface area contributed by atoms with E-state index in [1.165, 1.54) is 11.3 Å². The van der Waals surface area contributed by atoms with E-state index in [1.807, 2.05) is 18.2 Å². The predicted molar refractivity (Wildman–Crippen MR) is 146 cm³/mol. The third-order valence-corrected chi connectivity index (χ3v) is 9.73. The molecule has 2 heterocycles. The van der Waals surface area contributed by atoms with Gasteiger partial charge in [0.2, 0.25) is 11.8 Å². The molecule has 0 aliphatic rings. The van der Waals surface area contributed by atoms with Crippen LogP contribution >= 0.6 is 34.5 Å².